The molecule has 1 aliphatic carbocycles. The van der Waals surface area contributed by atoms with Crippen molar-refractivity contribution < 1.29 is 4.74 Å². The summed E-state index contributed by atoms with van der Waals surface area (Å²) in [5.41, 5.74) is 3.30. The number of nitrogens with two attached hydrogens (primary N) is 1. The summed E-state index contributed by atoms with van der Waals surface area (Å²) in [4.78, 5) is 8.35. The van der Waals surface area contributed by atoms with Crippen LogP contribution in [-0.2, 0) is 11.3 Å². The Balaban J connectivity index is 1.80. The van der Waals surface area contributed by atoms with E-state index in [0.29, 0.717) is 18.5 Å². The molecule has 1 aromatic heterocycles. The molecule has 3 unspecified atom stereocenters. The molecule has 0 radical (unpaired) electrons. The third kappa shape index (κ3) is 3.40. The highest BCUT2D eigenvalue weighted by molar-refractivity contribution is 5.28. The molecule has 0 amide bonds. The van der Waals surface area contributed by atoms with Gasteiger partial charge in [-0.1, -0.05) is 13.8 Å². The van der Waals surface area contributed by atoms with Crippen LogP contribution in [0, 0.1) is 11.8 Å². The lowest BCUT2D eigenvalue weighted by Gasteiger charge is -2.31. The Hall–Kier alpha value is -1.20. The Morgan fingerprint density at radius 3 is 2.72 bits per heavy atom. The van der Waals surface area contributed by atoms with Gasteiger partial charge in [-0.05, 0) is 31.1 Å². The molecule has 1 fully saturated rings. The summed E-state index contributed by atoms with van der Waals surface area (Å²) in [6, 6.07) is 0. The van der Waals surface area contributed by atoms with Crippen molar-refractivity contribution in [2.75, 3.05) is 5.43 Å². The lowest BCUT2D eigenvalue weighted by Crippen LogP contribution is -2.26. The summed E-state index contributed by atoms with van der Waals surface area (Å²) in [6.07, 6.45) is 7.24. The lowest BCUT2D eigenvalue weighted by molar-refractivity contribution is -0.00885. The molecule has 0 saturated heterocycles. The second-order valence-corrected chi connectivity index (χ2v) is 5.24. The molecule has 18 heavy (non-hydrogen) atoms. The highest BCUT2D eigenvalue weighted by atomic mass is 16.5. The van der Waals surface area contributed by atoms with Crippen LogP contribution in [0.5, 0.6) is 0 Å². The molecule has 100 valence electrons. The minimum Gasteiger partial charge on any atom is -0.372 e. The first-order chi connectivity index (χ1) is 8.69. The first kappa shape index (κ1) is 13.2. The van der Waals surface area contributed by atoms with Crippen molar-refractivity contribution in [3.63, 3.8) is 0 Å². The number of hydrogen-bond acceptors (Lipinski definition) is 5. The molecule has 2 rings (SSSR count). The second-order valence-electron chi connectivity index (χ2n) is 5.24. The van der Waals surface area contributed by atoms with E-state index in [-0.39, 0.29) is 0 Å². The number of aromatic nitrogens is 2. The van der Waals surface area contributed by atoms with E-state index in [1.807, 2.05) is 0 Å². The van der Waals surface area contributed by atoms with Gasteiger partial charge in [0.1, 0.15) is 0 Å². The number of rotatable bonds is 4. The second kappa shape index (κ2) is 6.11. The van der Waals surface area contributed by atoms with Crippen LogP contribution in [-0.4, -0.2) is 16.1 Å². The normalized spacial score (nSPS) is 28.1. The fraction of sp³-hybridized carbons (Fsp3) is 0.692. The number of ether oxygens (including phenoxy) is 1. The number of nitrogen functional groups attached to an aromatic ring is 1. The van der Waals surface area contributed by atoms with Crippen molar-refractivity contribution in [1.82, 2.24) is 9.97 Å². The SMILES string of the molecule is CC1CCC(OCc2cnc(NN)cn2)CC1C. The van der Waals surface area contributed by atoms with Gasteiger partial charge in [-0.25, -0.2) is 10.8 Å². The zero-order valence-electron chi connectivity index (χ0n) is 11.1. The summed E-state index contributed by atoms with van der Waals surface area (Å²) in [7, 11) is 0. The van der Waals surface area contributed by atoms with Gasteiger partial charge in [0.25, 0.3) is 0 Å². The monoisotopic (exact) mass is 250 g/mol. The third-order valence-electron chi connectivity index (χ3n) is 3.87. The van der Waals surface area contributed by atoms with Crippen molar-refractivity contribution >= 4 is 5.82 Å². The van der Waals surface area contributed by atoms with E-state index in [0.717, 1.165) is 30.4 Å². The highest BCUT2D eigenvalue weighted by Gasteiger charge is 2.24. The summed E-state index contributed by atoms with van der Waals surface area (Å²) >= 11 is 0. The van der Waals surface area contributed by atoms with Gasteiger partial charge < -0.3 is 10.2 Å². The topological polar surface area (TPSA) is 73.1 Å². The average molecular weight is 250 g/mol. The summed E-state index contributed by atoms with van der Waals surface area (Å²) in [5.74, 6) is 7.37. The van der Waals surface area contributed by atoms with Gasteiger partial charge in [-0.15, -0.1) is 0 Å². The third-order valence-corrected chi connectivity index (χ3v) is 3.87. The maximum atomic E-state index is 5.91. The van der Waals surface area contributed by atoms with Crippen molar-refractivity contribution in [3.05, 3.63) is 18.1 Å². The molecule has 5 nitrogen and oxygen atoms in total. The standard InChI is InChI=1S/C13H22N4O/c1-9-3-4-12(5-10(9)2)18-8-11-6-16-13(17-14)7-15-11/h6-7,9-10,12H,3-5,8,14H2,1-2H3,(H,16,17). The Bertz CT molecular complexity index is 368. The van der Waals surface area contributed by atoms with Crippen LogP contribution in [0.1, 0.15) is 38.8 Å². The summed E-state index contributed by atoms with van der Waals surface area (Å²) in [6.45, 7) is 5.16. The molecule has 1 saturated carbocycles. The fourth-order valence-corrected chi connectivity index (χ4v) is 2.36. The molecular weight excluding hydrogens is 228 g/mol. The maximum Gasteiger partial charge on any atom is 0.158 e. The number of nitrogens with one attached hydrogen (secondary N) is 1. The van der Waals surface area contributed by atoms with Gasteiger partial charge >= 0.3 is 0 Å². The lowest BCUT2D eigenvalue weighted by atomic mass is 9.80. The molecule has 0 aliphatic heterocycles. The fourth-order valence-electron chi connectivity index (χ4n) is 2.36. The van der Waals surface area contributed by atoms with Crippen LogP contribution in [0.3, 0.4) is 0 Å². The molecule has 0 bridgehead atoms. The van der Waals surface area contributed by atoms with E-state index in [4.69, 9.17) is 10.6 Å². The maximum absolute atomic E-state index is 5.91. The van der Waals surface area contributed by atoms with Gasteiger partial charge in [-0.3, -0.25) is 4.98 Å². The van der Waals surface area contributed by atoms with Crippen LogP contribution in [0.25, 0.3) is 0 Å². The van der Waals surface area contributed by atoms with Crippen LogP contribution in [0.15, 0.2) is 12.4 Å². The molecule has 3 N–H and O–H groups in total. The van der Waals surface area contributed by atoms with Gasteiger partial charge in [0.2, 0.25) is 0 Å². The largest absolute Gasteiger partial charge is 0.372 e. The first-order valence-electron chi connectivity index (χ1n) is 6.58. The van der Waals surface area contributed by atoms with Crippen LogP contribution in [0.2, 0.25) is 0 Å². The number of nitrogens with zero attached hydrogens (tertiary/aromatic N) is 2. The average Bonchev–Trinajstić information content (AvgIpc) is 2.41. The molecular formula is C13H22N4O. The number of anilines is 1. The van der Waals surface area contributed by atoms with E-state index in [2.05, 4.69) is 29.2 Å². The molecule has 1 heterocycles. The predicted molar refractivity (Wildman–Crippen MR) is 70.6 cm³/mol. The van der Waals surface area contributed by atoms with Crippen molar-refractivity contribution in [2.45, 2.75) is 45.8 Å². The van der Waals surface area contributed by atoms with E-state index >= 15 is 0 Å². The molecule has 5 heteroatoms. The van der Waals surface area contributed by atoms with Gasteiger partial charge in [-0.2, -0.15) is 0 Å². The smallest absolute Gasteiger partial charge is 0.158 e. The van der Waals surface area contributed by atoms with Crippen molar-refractivity contribution in [2.24, 2.45) is 17.7 Å². The number of hydrazine groups is 1. The first-order valence-corrected chi connectivity index (χ1v) is 6.58. The van der Waals surface area contributed by atoms with E-state index in [1.54, 1.807) is 12.4 Å². The van der Waals surface area contributed by atoms with E-state index in [9.17, 15) is 0 Å². The molecule has 0 aromatic carbocycles. The van der Waals surface area contributed by atoms with Crippen LogP contribution in [0.4, 0.5) is 5.82 Å². The van der Waals surface area contributed by atoms with Gasteiger partial charge in [0.05, 0.1) is 30.8 Å². The summed E-state index contributed by atoms with van der Waals surface area (Å²) < 4.78 is 5.91. The molecule has 1 aliphatic rings. The van der Waals surface area contributed by atoms with E-state index < -0.39 is 0 Å². The molecule has 1 aromatic rings. The van der Waals surface area contributed by atoms with Crippen LogP contribution < -0.4 is 11.3 Å². The van der Waals surface area contributed by atoms with E-state index in [1.165, 1.54) is 6.42 Å². The minimum atomic E-state index is 0.366. The highest BCUT2D eigenvalue weighted by Crippen LogP contribution is 2.31. The Morgan fingerprint density at radius 1 is 1.28 bits per heavy atom. The quantitative estimate of drug-likeness (QED) is 0.632. The van der Waals surface area contributed by atoms with Gasteiger partial charge in [0, 0.05) is 0 Å². The van der Waals surface area contributed by atoms with Crippen molar-refractivity contribution in [3.8, 4) is 0 Å². The minimum absolute atomic E-state index is 0.366. The zero-order chi connectivity index (χ0) is 13.0. The van der Waals surface area contributed by atoms with Crippen molar-refractivity contribution in [1.29, 1.82) is 0 Å². The zero-order valence-corrected chi connectivity index (χ0v) is 11.1. The number of hydrogen-bond donors (Lipinski definition) is 2. The van der Waals surface area contributed by atoms with Gasteiger partial charge in [0.15, 0.2) is 5.82 Å². The summed E-state index contributed by atoms with van der Waals surface area (Å²) in [5, 5.41) is 0. The molecule has 3 atom stereocenters. The Labute approximate surface area is 108 Å². The predicted octanol–water partition coefficient (Wildman–Crippen LogP) is 2.10. The molecule has 0 spiro atoms. The Kier molecular flexibility index (Phi) is 4.49. The Morgan fingerprint density at radius 2 is 2.11 bits per heavy atom. The van der Waals surface area contributed by atoms with Crippen LogP contribution >= 0.6 is 0 Å².